The van der Waals surface area contributed by atoms with Gasteiger partial charge < -0.3 is 0 Å². The van der Waals surface area contributed by atoms with Gasteiger partial charge in [0.15, 0.2) is 0 Å². The summed E-state index contributed by atoms with van der Waals surface area (Å²) in [6.45, 7) is 2.72. The highest BCUT2D eigenvalue weighted by Crippen LogP contribution is 2.40. The third kappa shape index (κ3) is 4.17. The fraction of sp³-hybridized carbons (Fsp3) is 0.400. The number of nitrogens with one attached hydrogen (secondary N) is 1. The fourth-order valence-corrected chi connectivity index (χ4v) is 5.07. The number of unbranched alkanes of at least 4 members (excludes halogenated alkanes) is 1. The minimum atomic E-state index is -0.497. The molecule has 0 atom stereocenters. The van der Waals surface area contributed by atoms with E-state index in [1.807, 2.05) is 23.1 Å². The van der Waals surface area contributed by atoms with Crippen LogP contribution < -0.4 is 0 Å². The Balaban J connectivity index is 1.40. The van der Waals surface area contributed by atoms with Gasteiger partial charge in [-0.05, 0) is 59.4 Å². The summed E-state index contributed by atoms with van der Waals surface area (Å²) < 4.78 is 0. The van der Waals surface area contributed by atoms with Crippen LogP contribution in [0.4, 0.5) is 0 Å². The van der Waals surface area contributed by atoms with Crippen molar-refractivity contribution in [2.75, 3.05) is 0 Å². The minimum Gasteiger partial charge on any atom is -0.294 e. The molecule has 0 bridgehead atoms. The summed E-state index contributed by atoms with van der Waals surface area (Å²) >= 11 is 6.28. The Morgan fingerprint density at radius 3 is 2.58 bits per heavy atom. The molecule has 1 spiro atoms. The van der Waals surface area contributed by atoms with Gasteiger partial charge in [-0.2, -0.15) is 5.21 Å². The van der Waals surface area contributed by atoms with E-state index in [-0.39, 0.29) is 5.91 Å². The molecule has 1 aromatic heterocycles. The number of halogens is 1. The van der Waals surface area contributed by atoms with E-state index in [0.29, 0.717) is 17.4 Å². The maximum atomic E-state index is 13.4. The first-order valence-corrected chi connectivity index (χ1v) is 12.0. The lowest BCUT2D eigenvalue weighted by Gasteiger charge is -2.23. The fourth-order valence-electron chi connectivity index (χ4n) is 4.90. The lowest BCUT2D eigenvalue weighted by atomic mass is 9.97. The second-order valence-corrected chi connectivity index (χ2v) is 9.32. The van der Waals surface area contributed by atoms with Gasteiger partial charge >= 0.3 is 0 Å². The highest BCUT2D eigenvalue weighted by atomic mass is 35.5. The number of benzene rings is 2. The van der Waals surface area contributed by atoms with Crippen molar-refractivity contribution in [2.45, 2.75) is 64.0 Å². The number of rotatable bonds is 7. The van der Waals surface area contributed by atoms with Crippen LogP contribution in [-0.2, 0) is 11.3 Å². The summed E-state index contributed by atoms with van der Waals surface area (Å²) in [6, 6.07) is 13.9. The molecular weight excluding hydrogens is 436 g/mol. The van der Waals surface area contributed by atoms with Crippen LogP contribution in [0.3, 0.4) is 0 Å². The Kier molecular flexibility index (Phi) is 5.98. The topological polar surface area (TPSA) is 87.1 Å². The third-order valence-corrected chi connectivity index (χ3v) is 6.89. The number of carbonyl (C=O) groups is 1. The van der Waals surface area contributed by atoms with Crippen LogP contribution in [0.15, 0.2) is 47.5 Å². The number of hydrogen-bond donors (Lipinski definition) is 1. The maximum absolute atomic E-state index is 13.4. The number of tetrazole rings is 1. The smallest absolute Gasteiger partial charge is 0.256 e. The van der Waals surface area contributed by atoms with Gasteiger partial charge in [0.2, 0.25) is 5.82 Å². The monoisotopic (exact) mass is 462 g/mol. The molecule has 1 saturated carbocycles. The van der Waals surface area contributed by atoms with Gasteiger partial charge in [0.05, 0.1) is 6.54 Å². The molecule has 170 valence electrons. The number of aliphatic imine (C=N–C) groups is 1. The number of carbonyl (C=O) groups excluding carboxylic acids is 1. The normalized spacial score (nSPS) is 17.2. The number of aromatic nitrogens is 4. The second kappa shape index (κ2) is 9.06. The van der Waals surface area contributed by atoms with Crippen LogP contribution in [0.1, 0.15) is 57.4 Å². The number of H-pyrrole nitrogens is 1. The van der Waals surface area contributed by atoms with Crippen LogP contribution in [0.5, 0.6) is 0 Å². The van der Waals surface area contributed by atoms with E-state index >= 15 is 0 Å². The van der Waals surface area contributed by atoms with Crippen molar-refractivity contribution >= 4 is 23.3 Å². The van der Waals surface area contributed by atoms with E-state index in [9.17, 15) is 4.79 Å². The number of nitrogens with zero attached hydrogens (tertiary/aromatic N) is 5. The molecule has 0 unspecified atom stereocenters. The van der Waals surface area contributed by atoms with Crippen molar-refractivity contribution in [2.24, 2.45) is 4.99 Å². The molecule has 1 aliphatic carbocycles. The summed E-state index contributed by atoms with van der Waals surface area (Å²) in [5.41, 5.74) is 3.37. The van der Waals surface area contributed by atoms with Crippen molar-refractivity contribution in [1.82, 2.24) is 25.5 Å². The molecule has 0 radical (unpaired) electrons. The van der Waals surface area contributed by atoms with Crippen molar-refractivity contribution < 1.29 is 4.79 Å². The molecule has 0 saturated heterocycles. The third-order valence-electron chi connectivity index (χ3n) is 6.66. The van der Waals surface area contributed by atoms with Gasteiger partial charge in [0.25, 0.3) is 5.91 Å². The largest absolute Gasteiger partial charge is 0.294 e. The van der Waals surface area contributed by atoms with E-state index in [2.05, 4.69) is 51.8 Å². The summed E-state index contributed by atoms with van der Waals surface area (Å²) in [6.07, 6.45) is 6.92. The molecule has 2 aliphatic rings. The Hall–Kier alpha value is -3.06. The predicted octanol–water partition coefficient (Wildman–Crippen LogP) is 5.43. The first kappa shape index (κ1) is 21.8. The Labute approximate surface area is 198 Å². The zero-order valence-electron chi connectivity index (χ0n) is 18.7. The lowest BCUT2D eigenvalue weighted by Crippen LogP contribution is -2.40. The molecule has 1 fully saturated rings. The number of amidine groups is 1. The average Bonchev–Trinajstić information content (AvgIpc) is 3.57. The first-order valence-electron chi connectivity index (χ1n) is 11.6. The highest BCUT2D eigenvalue weighted by Gasteiger charge is 2.49. The van der Waals surface area contributed by atoms with Crippen molar-refractivity contribution in [3.63, 3.8) is 0 Å². The minimum absolute atomic E-state index is 0.185. The number of amides is 1. The molecule has 33 heavy (non-hydrogen) atoms. The SMILES string of the molecule is CCCCC1=NC2(CCCC2)C(=O)N1Cc1ccc(-c2cc(Cl)ccc2-c2nn[nH]n2)cc1. The van der Waals surface area contributed by atoms with E-state index in [1.54, 1.807) is 0 Å². The summed E-state index contributed by atoms with van der Waals surface area (Å²) in [4.78, 5) is 20.3. The van der Waals surface area contributed by atoms with Gasteiger partial charge in [-0.15, -0.1) is 10.2 Å². The highest BCUT2D eigenvalue weighted by molar-refractivity contribution is 6.31. The number of aromatic amines is 1. The molecule has 1 aliphatic heterocycles. The Morgan fingerprint density at radius 2 is 1.88 bits per heavy atom. The van der Waals surface area contributed by atoms with Crippen LogP contribution in [-0.4, -0.2) is 42.8 Å². The van der Waals surface area contributed by atoms with E-state index in [0.717, 1.165) is 73.0 Å². The molecular formula is C25H27ClN6O. The lowest BCUT2D eigenvalue weighted by molar-refractivity contribution is -0.131. The van der Waals surface area contributed by atoms with Gasteiger partial charge in [0.1, 0.15) is 11.4 Å². The van der Waals surface area contributed by atoms with Crippen LogP contribution >= 0.6 is 11.6 Å². The molecule has 2 heterocycles. The molecule has 5 rings (SSSR count). The second-order valence-electron chi connectivity index (χ2n) is 8.88. The summed E-state index contributed by atoms with van der Waals surface area (Å²) in [7, 11) is 0. The maximum Gasteiger partial charge on any atom is 0.256 e. The molecule has 1 N–H and O–H groups in total. The van der Waals surface area contributed by atoms with Crippen molar-refractivity contribution in [3.05, 3.63) is 53.1 Å². The number of hydrogen-bond acceptors (Lipinski definition) is 5. The zero-order chi connectivity index (χ0) is 22.8. The Morgan fingerprint density at radius 1 is 1.09 bits per heavy atom. The van der Waals surface area contributed by atoms with Gasteiger partial charge in [-0.25, -0.2) is 0 Å². The van der Waals surface area contributed by atoms with Crippen molar-refractivity contribution in [3.8, 4) is 22.5 Å². The zero-order valence-corrected chi connectivity index (χ0v) is 19.5. The summed E-state index contributed by atoms with van der Waals surface area (Å²) in [5, 5.41) is 15.1. The molecule has 3 aromatic rings. The van der Waals surface area contributed by atoms with Gasteiger partial charge in [0, 0.05) is 17.0 Å². The Bertz CT molecular complexity index is 1170. The molecule has 2 aromatic carbocycles. The van der Waals surface area contributed by atoms with E-state index in [1.165, 1.54) is 0 Å². The average molecular weight is 463 g/mol. The van der Waals surface area contributed by atoms with Gasteiger partial charge in [-0.3, -0.25) is 14.7 Å². The summed E-state index contributed by atoms with van der Waals surface area (Å²) in [5.74, 6) is 1.67. The standard InChI is InChI=1S/C25H27ClN6O/c1-2-3-6-22-27-25(13-4-5-14-25)24(33)32(22)16-17-7-9-18(10-8-17)21-15-19(26)11-12-20(21)23-28-30-31-29-23/h7-12,15H,2-6,13-14,16H2,1H3,(H,28,29,30,31). The molecule has 1 amide bonds. The van der Waals surface area contributed by atoms with Crippen molar-refractivity contribution in [1.29, 1.82) is 0 Å². The first-order chi connectivity index (χ1) is 16.1. The quantitative estimate of drug-likeness (QED) is 0.507. The van der Waals surface area contributed by atoms with Crippen LogP contribution in [0.25, 0.3) is 22.5 Å². The molecule has 7 nitrogen and oxygen atoms in total. The van der Waals surface area contributed by atoms with Crippen LogP contribution in [0, 0.1) is 0 Å². The van der Waals surface area contributed by atoms with Gasteiger partial charge in [-0.1, -0.05) is 62.1 Å². The molecule has 8 heteroatoms. The van der Waals surface area contributed by atoms with Crippen LogP contribution in [0.2, 0.25) is 5.02 Å². The predicted molar refractivity (Wildman–Crippen MR) is 129 cm³/mol. The van der Waals surface area contributed by atoms with E-state index in [4.69, 9.17) is 16.6 Å². The van der Waals surface area contributed by atoms with E-state index < -0.39 is 5.54 Å².